The standard InChI is InChI=1S/C41H47N3O6/c45-24-8-14-36-29-43(39(47)28-33-16-19-34-12-4-5-13-35(34)26-33)22-6-7-23-44(38(15-9-25-46)41(49)42-36)40(48)27-31-17-20-37(21-18-31)50-30-32-10-2-1-3-11-32/h1-7,10-13,16-21,26,36,38,45-46H,8-9,14-15,22-25,27-30H2,(H,42,49)/b7-6+/t36-,38-/m0/s1. The first kappa shape index (κ1) is 36.3. The first-order valence-electron chi connectivity index (χ1n) is 17.4. The molecule has 0 fully saturated rings. The molecule has 0 bridgehead atoms. The van der Waals surface area contributed by atoms with E-state index in [0.717, 1.165) is 27.5 Å². The molecule has 0 saturated carbocycles. The molecule has 1 heterocycles. The molecular formula is C41H47N3O6. The Bertz CT molecular complexity index is 1730. The number of nitrogens with zero attached hydrogens (tertiary/aromatic N) is 2. The Kier molecular flexibility index (Phi) is 13.6. The van der Waals surface area contributed by atoms with Crippen molar-refractivity contribution in [2.24, 2.45) is 0 Å². The van der Waals surface area contributed by atoms with Crippen LogP contribution in [0.3, 0.4) is 0 Å². The lowest BCUT2D eigenvalue weighted by molar-refractivity contribution is -0.140. The highest BCUT2D eigenvalue weighted by atomic mass is 16.5. The summed E-state index contributed by atoms with van der Waals surface area (Å²) in [6.45, 7) is 1.03. The quantitative estimate of drug-likeness (QED) is 0.175. The van der Waals surface area contributed by atoms with Crippen molar-refractivity contribution in [1.82, 2.24) is 15.1 Å². The van der Waals surface area contributed by atoms with E-state index in [0.29, 0.717) is 38.2 Å². The number of hydrogen-bond donors (Lipinski definition) is 3. The van der Waals surface area contributed by atoms with Gasteiger partial charge >= 0.3 is 0 Å². The molecule has 0 radical (unpaired) electrons. The van der Waals surface area contributed by atoms with Gasteiger partial charge in [0.2, 0.25) is 17.7 Å². The monoisotopic (exact) mass is 677 g/mol. The zero-order valence-electron chi connectivity index (χ0n) is 28.5. The zero-order valence-corrected chi connectivity index (χ0v) is 28.5. The Morgan fingerprint density at radius 1 is 0.720 bits per heavy atom. The molecule has 1 aliphatic heterocycles. The molecule has 2 atom stereocenters. The maximum atomic E-state index is 13.9. The van der Waals surface area contributed by atoms with Crippen LogP contribution < -0.4 is 10.1 Å². The molecule has 262 valence electrons. The molecule has 1 aliphatic rings. The molecule has 0 unspecified atom stereocenters. The molecule has 5 rings (SSSR count). The lowest BCUT2D eigenvalue weighted by Crippen LogP contribution is -2.54. The number of benzene rings is 4. The van der Waals surface area contributed by atoms with E-state index in [4.69, 9.17) is 4.74 Å². The number of amides is 3. The van der Waals surface area contributed by atoms with Crippen molar-refractivity contribution in [1.29, 1.82) is 0 Å². The van der Waals surface area contributed by atoms with Crippen molar-refractivity contribution >= 4 is 28.5 Å². The molecule has 50 heavy (non-hydrogen) atoms. The van der Waals surface area contributed by atoms with Gasteiger partial charge in [0.05, 0.1) is 12.8 Å². The molecule has 3 N–H and O–H groups in total. The van der Waals surface area contributed by atoms with Crippen molar-refractivity contribution in [2.75, 3.05) is 32.8 Å². The minimum atomic E-state index is -0.816. The summed E-state index contributed by atoms with van der Waals surface area (Å²) >= 11 is 0. The molecule has 4 aromatic rings. The lowest BCUT2D eigenvalue weighted by atomic mass is 10.0. The third kappa shape index (κ3) is 10.5. The van der Waals surface area contributed by atoms with Crippen LogP contribution in [-0.4, -0.2) is 82.7 Å². The SMILES string of the molecule is O=C1N[C@@H](CCCO)CN(C(=O)Cc2ccc3ccccc3c2)C/C=C/CN(C(=O)Cc2ccc(OCc3ccccc3)cc2)[C@H]1CCCO. The number of rotatable bonds is 13. The number of hydrogen-bond acceptors (Lipinski definition) is 6. The number of carbonyl (C=O) groups is 3. The number of aliphatic hydroxyl groups is 2. The van der Waals surface area contributed by atoms with E-state index in [1.54, 1.807) is 9.80 Å². The fourth-order valence-electron chi connectivity index (χ4n) is 6.25. The van der Waals surface area contributed by atoms with Gasteiger partial charge in [0, 0.05) is 38.9 Å². The summed E-state index contributed by atoms with van der Waals surface area (Å²) in [7, 11) is 0. The van der Waals surface area contributed by atoms with E-state index < -0.39 is 12.1 Å². The molecular weight excluding hydrogens is 630 g/mol. The summed E-state index contributed by atoms with van der Waals surface area (Å²) in [5.41, 5.74) is 2.75. The Balaban J connectivity index is 1.31. The Morgan fingerprint density at radius 3 is 2.14 bits per heavy atom. The maximum absolute atomic E-state index is 13.9. The van der Waals surface area contributed by atoms with Gasteiger partial charge < -0.3 is 30.1 Å². The maximum Gasteiger partial charge on any atom is 0.243 e. The van der Waals surface area contributed by atoms with Gasteiger partial charge in [-0.1, -0.05) is 97.1 Å². The highest BCUT2D eigenvalue weighted by Gasteiger charge is 2.31. The van der Waals surface area contributed by atoms with E-state index in [2.05, 4.69) is 5.32 Å². The second-order valence-corrected chi connectivity index (χ2v) is 12.7. The van der Waals surface area contributed by atoms with E-state index in [9.17, 15) is 24.6 Å². The number of fused-ring (bicyclic) bond motifs is 1. The lowest BCUT2D eigenvalue weighted by Gasteiger charge is -2.32. The third-order valence-electron chi connectivity index (χ3n) is 8.98. The fraction of sp³-hybridized carbons (Fsp3) is 0.341. The zero-order chi connectivity index (χ0) is 35.1. The van der Waals surface area contributed by atoms with Gasteiger partial charge in [-0.2, -0.15) is 0 Å². The average Bonchev–Trinajstić information content (AvgIpc) is 3.16. The van der Waals surface area contributed by atoms with Crippen LogP contribution >= 0.6 is 0 Å². The smallest absolute Gasteiger partial charge is 0.243 e. The second kappa shape index (κ2) is 18.7. The topological polar surface area (TPSA) is 119 Å². The highest BCUT2D eigenvalue weighted by molar-refractivity contribution is 5.89. The van der Waals surface area contributed by atoms with Gasteiger partial charge in [-0.15, -0.1) is 0 Å². The largest absolute Gasteiger partial charge is 0.489 e. The van der Waals surface area contributed by atoms with E-state index >= 15 is 0 Å². The van der Waals surface area contributed by atoms with Crippen molar-refractivity contribution in [2.45, 2.75) is 57.2 Å². The van der Waals surface area contributed by atoms with Gasteiger partial charge in [-0.3, -0.25) is 14.4 Å². The number of ether oxygens (including phenoxy) is 1. The number of aliphatic hydroxyl groups excluding tert-OH is 2. The van der Waals surface area contributed by atoms with Crippen LogP contribution in [0.2, 0.25) is 0 Å². The summed E-state index contributed by atoms with van der Waals surface area (Å²) in [5, 5.41) is 24.6. The van der Waals surface area contributed by atoms with Crippen LogP contribution in [0.1, 0.15) is 42.4 Å². The van der Waals surface area contributed by atoms with Gasteiger partial charge in [-0.05, 0) is 65.3 Å². The average molecular weight is 678 g/mol. The van der Waals surface area contributed by atoms with Crippen molar-refractivity contribution in [3.63, 3.8) is 0 Å². The molecule has 0 saturated heterocycles. The van der Waals surface area contributed by atoms with Gasteiger partial charge in [0.15, 0.2) is 0 Å². The van der Waals surface area contributed by atoms with Crippen LogP contribution in [0.4, 0.5) is 0 Å². The van der Waals surface area contributed by atoms with Crippen molar-refractivity contribution in [3.05, 3.63) is 126 Å². The molecule has 0 aromatic heterocycles. The Hall–Kier alpha value is -4.99. The van der Waals surface area contributed by atoms with Crippen LogP contribution in [0.25, 0.3) is 10.8 Å². The number of carbonyl (C=O) groups excluding carboxylic acids is 3. The van der Waals surface area contributed by atoms with Crippen LogP contribution in [0.5, 0.6) is 5.75 Å². The summed E-state index contributed by atoms with van der Waals surface area (Å²) in [4.78, 5) is 44.8. The predicted octanol–water partition coefficient (Wildman–Crippen LogP) is 4.83. The Morgan fingerprint density at radius 2 is 1.38 bits per heavy atom. The van der Waals surface area contributed by atoms with Crippen LogP contribution in [0, 0.1) is 0 Å². The van der Waals surface area contributed by atoms with Crippen LogP contribution in [-0.2, 0) is 33.8 Å². The molecule has 0 spiro atoms. The van der Waals surface area contributed by atoms with Gasteiger partial charge in [-0.25, -0.2) is 0 Å². The molecule has 0 aliphatic carbocycles. The summed E-state index contributed by atoms with van der Waals surface area (Å²) in [5.74, 6) is 0.0585. The summed E-state index contributed by atoms with van der Waals surface area (Å²) in [6, 6.07) is 30.0. The number of nitrogens with one attached hydrogen (secondary N) is 1. The van der Waals surface area contributed by atoms with Crippen molar-refractivity contribution < 1.29 is 29.3 Å². The normalized spacial score (nSPS) is 17.5. The molecule has 4 aromatic carbocycles. The van der Waals surface area contributed by atoms with Gasteiger partial charge in [0.1, 0.15) is 18.4 Å². The summed E-state index contributed by atoms with van der Waals surface area (Å²) in [6.07, 6.45) is 5.54. The fourth-order valence-corrected chi connectivity index (χ4v) is 6.25. The second-order valence-electron chi connectivity index (χ2n) is 12.7. The first-order chi connectivity index (χ1) is 24.4. The van der Waals surface area contributed by atoms with Crippen molar-refractivity contribution in [3.8, 4) is 5.75 Å². The highest BCUT2D eigenvalue weighted by Crippen LogP contribution is 2.19. The van der Waals surface area contributed by atoms with E-state index in [1.807, 2.05) is 109 Å². The van der Waals surface area contributed by atoms with Gasteiger partial charge in [0.25, 0.3) is 0 Å². The van der Waals surface area contributed by atoms with E-state index in [1.165, 1.54) is 0 Å². The molecule has 9 heteroatoms. The minimum absolute atomic E-state index is 0.0497. The van der Waals surface area contributed by atoms with E-state index in [-0.39, 0.29) is 63.3 Å². The molecule has 9 nitrogen and oxygen atoms in total. The Labute approximate surface area is 294 Å². The van der Waals surface area contributed by atoms with Crippen LogP contribution in [0.15, 0.2) is 109 Å². The predicted molar refractivity (Wildman–Crippen MR) is 194 cm³/mol. The third-order valence-corrected chi connectivity index (χ3v) is 8.98. The minimum Gasteiger partial charge on any atom is -0.489 e. The summed E-state index contributed by atoms with van der Waals surface area (Å²) < 4.78 is 5.90. The first-order valence-corrected chi connectivity index (χ1v) is 17.4. The molecule has 3 amide bonds.